The van der Waals surface area contributed by atoms with Gasteiger partial charge in [0.25, 0.3) is 5.91 Å². The molecule has 5 nitrogen and oxygen atoms in total. The first-order chi connectivity index (χ1) is 10.1. The average Bonchev–Trinajstić information content (AvgIpc) is 2.48. The van der Waals surface area contributed by atoms with Gasteiger partial charge in [-0.3, -0.25) is 9.59 Å². The molecule has 0 bridgehead atoms. The molecule has 22 heavy (non-hydrogen) atoms. The van der Waals surface area contributed by atoms with Crippen molar-refractivity contribution < 1.29 is 9.59 Å². The summed E-state index contributed by atoms with van der Waals surface area (Å²) in [6.45, 7) is 3.20. The summed E-state index contributed by atoms with van der Waals surface area (Å²) in [5.74, 6) is -0.0171. The van der Waals surface area contributed by atoms with E-state index in [0.717, 1.165) is 19.4 Å². The SMILES string of the molecule is CNCC(=O)Nc1ccc(C(=O)N2CCCCC2C)cc1.Cl. The first-order valence-corrected chi connectivity index (χ1v) is 7.47. The van der Waals surface area contributed by atoms with Gasteiger partial charge in [0.15, 0.2) is 0 Å². The number of hydrogen-bond donors (Lipinski definition) is 2. The van der Waals surface area contributed by atoms with Crippen LogP contribution in [0, 0.1) is 0 Å². The van der Waals surface area contributed by atoms with E-state index in [4.69, 9.17) is 0 Å². The first kappa shape index (κ1) is 18.5. The maximum atomic E-state index is 12.5. The fourth-order valence-corrected chi connectivity index (χ4v) is 2.63. The van der Waals surface area contributed by atoms with Gasteiger partial charge in [-0.25, -0.2) is 0 Å². The van der Waals surface area contributed by atoms with Crippen LogP contribution in [0.25, 0.3) is 0 Å². The van der Waals surface area contributed by atoms with E-state index in [2.05, 4.69) is 17.6 Å². The second kappa shape index (κ2) is 8.76. The molecule has 1 saturated heterocycles. The van der Waals surface area contributed by atoms with Crippen molar-refractivity contribution in [3.8, 4) is 0 Å². The monoisotopic (exact) mass is 325 g/mol. The molecule has 122 valence electrons. The molecule has 6 heteroatoms. The summed E-state index contributed by atoms with van der Waals surface area (Å²) in [5.41, 5.74) is 1.38. The summed E-state index contributed by atoms with van der Waals surface area (Å²) in [5, 5.41) is 5.56. The van der Waals surface area contributed by atoms with Gasteiger partial charge in [-0.05, 0) is 57.5 Å². The Hall–Kier alpha value is -1.59. The topological polar surface area (TPSA) is 61.4 Å². The predicted molar refractivity (Wildman–Crippen MR) is 90.6 cm³/mol. The Labute approximate surface area is 137 Å². The van der Waals surface area contributed by atoms with E-state index in [0.29, 0.717) is 17.3 Å². The van der Waals surface area contributed by atoms with Crippen molar-refractivity contribution in [2.45, 2.75) is 32.2 Å². The smallest absolute Gasteiger partial charge is 0.254 e. The number of benzene rings is 1. The zero-order valence-electron chi connectivity index (χ0n) is 13.1. The highest BCUT2D eigenvalue weighted by molar-refractivity contribution is 5.96. The second-order valence-electron chi connectivity index (χ2n) is 5.50. The Balaban J connectivity index is 0.00000242. The van der Waals surface area contributed by atoms with Gasteiger partial charge in [0.1, 0.15) is 0 Å². The molecule has 2 N–H and O–H groups in total. The van der Waals surface area contributed by atoms with Crippen molar-refractivity contribution >= 4 is 29.9 Å². The normalized spacial score (nSPS) is 17.5. The number of nitrogens with zero attached hydrogens (tertiary/aromatic N) is 1. The summed E-state index contributed by atoms with van der Waals surface area (Å²) in [7, 11) is 1.72. The minimum atomic E-state index is -0.0961. The minimum absolute atomic E-state index is 0. The molecule has 1 atom stereocenters. The third-order valence-corrected chi connectivity index (χ3v) is 3.82. The molecule has 1 aliphatic rings. The number of anilines is 1. The number of carbonyl (C=O) groups is 2. The van der Waals surface area contributed by atoms with Crippen LogP contribution in [-0.2, 0) is 4.79 Å². The van der Waals surface area contributed by atoms with Crippen molar-refractivity contribution in [3.05, 3.63) is 29.8 Å². The number of halogens is 1. The van der Waals surface area contributed by atoms with Gasteiger partial charge in [0.05, 0.1) is 6.54 Å². The molecule has 0 spiro atoms. The number of nitrogens with one attached hydrogen (secondary N) is 2. The van der Waals surface area contributed by atoms with Crippen molar-refractivity contribution in [2.24, 2.45) is 0 Å². The van der Waals surface area contributed by atoms with Crippen molar-refractivity contribution in [1.29, 1.82) is 0 Å². The molecule has 2 rings (SSSR count). The van der Waals surface area contributed by atoms with E-state index in [-0.39, 0.29) is 30.8 Å². The maximum absolute atomic E-state index is 12.5. The van der Waals surface area contributed by atoms with Gasteiger partial charge >= 0.3 is 0 Å². The molecule has 1 fully saturated rings. The van der Waals surface area contributed by atoms with E-state index < -0.39 is 0 Å². The number of likely N-dealkylation sites (tertiary alicyclic amines) is 1. The summed E-state index contributed by atoms with van der Waals surface area (Å²) in [4.78, 5) is 25.9. The van der Waals surface area contributed by atoms with Crippen molar-refractivity contribution in [2.75, 3.05) is 25.5 Å². The maximum Gasteiger partial charge on any atom is 0.254 e. The Morgan fingerprint density at radius 1 is 1.23 bits per heavy atom. The van der Waals surface area contributed by atoms with Crippen LogP contribution in [-0.4, -0.2) is 42.9 Å². The number of rotatable bonds is 4. The molecule has 1 unspecified atom stereocenters. The lowest BCUT2D eigenvalue weighted by molar-refractivity contribution is -0.115. The molecule has 1 aromatic rings. The van der Waals surface area contributed by atoms with Gasteiger partial charge in [-0.15, -0.1) is 12.4 Å². The van der Waals surface area contributed by atoms with Crippen LogP contribution in [0.2, 0.25) is 0 Å². The Morgan fingerprint density at radius 3 is 2.50 bits per heavy atom. The van der Waals surface area contributed by atoms with E-state index in [1.165, 1.54) is 6.42 Å². The predicted octanol–water partition coefficient (Wildman–Crippen LogP) is 2.28. The van der Waals surface area contributed by atoms with E-state index in [1.807, 2.05) is 4.90 Å². The lowest BCUT2D eigenvalue weighted by Crippen LogP contribution is -2.42. The molecule has 0 aromatic heterocycles. The molecule has 1 heterocycles. The first-order valence-electron chi connectivity index (χ1n) is 7.47. The molecule has 0 saturated carbocycles. The van der Waals surface area contributed by atoms with Crippen LogP contribution in [0.4, 0.5) is 5.69 Å². The van der Waals surface area contributed by atoms with Gasteiger partial charge < -0.3 is 15.5 Å². The Kier molecular flexibility index (Phi) is 7.35. The highest BCUT2D eigenvalue weighted by Crippen LogP contribution is 2.20. The molecule has 1 aromatic carbocycles. The van der Waals surface area contributed by atoms with Crippen LogP contribution in [0.3, 0.4) is 0 Å². The van der Waals surface area contributed by atoms with Gasteiger partial charge in [-0.2, -0.15) is 0 Å². The highest BCUT2D eigenvalue weighted by Gasteiger charge is 2.23. The number of carbonyl (C=O) groups excluding carboxylic acids is 2. The Morgan fingerprint density at radius 2 is 1.91 bits per heavy atom. The third-order valence-electron chi connectivity index (χ3n) is 3.82. The van der Waals surface area contributed by atoms with E-state index in [9.17, 15) is 9.59 Å². The zero-order valence-corrected chi connectivity index (χ0v) is 13.9. The molecule has 1 aliphatic heterocycles. The summed E-state index contributed by atoms with van der Waals surface area (Å²) in [6.07, 6.45) is 3.35. The quantitative estimate of drug-likeness (QED) is 0.892. The zero-order chi connectivity index (χ0) is 15.2. The van der Waals surface area contributed by atoms with Crippen LogP contribution < -0.4 is 10.6 Å². The average molecular weight is 326 g/mol. The molecule has 0 aliphatic carbocycles. The van der Waals surface area contributed by atoms with E-state index >= 15 is 0 Å². The van der Waals surface area contributed by atoms with Crippen LogP contribution in [0.15, 0.2) is 24.3 Å². The second-order valence-corrected chi connectivity index (χ2v) is 5.50. The van der Waals surface area contributed by atoms with E-state index in [1.54, 1.807) is 31.3 Å². The lowest BCUT2D eigenvalue weighted by Gasteiger charge is -2.33. The molecular weight excluding hydrogens is 302 g/mol. The molecular formula is C16H24ClN3O2. The standard InChI is InChI=1S/C16H23N3O2.ClH/c1-12-5-3-4-10-19(12)16(21)13-6-8-14(9-7-13)18-15(20)11-17-2;/h6-9,12,17H,3-5,10-11H2,1-2H3,(H,18,20);1H. The summed E-state index contributed by atoms with van der Waals surface area (Å²) >= 11 is 0. The molecule has 2 amide bonds. The van der Waals surface area contributed by atoms with Crippen LogP contribution in [0.5, 0.6) is 0 Å². The number of hydrogen-bond acceptors (Lipinski definition) is 3. The van der Waals surface area contributed by atoms with Gasteiger partial charge in [0, 0.05) is 23.8 Å². The van der Waals surface area contributed by atoms with Crippen molar-refractivity contribution in [1.82, 2.24) is 10.2 Å². The van der Waals surface area contributed by atoms with Gasteiger partial charge in [0.2, 0.25) is 5.91 Å². The summed E-state index contributed by atoms with van der Waals surface area (Å²) < 4.78 is 0. The lowest BCUT2D eigenvalue weighted by atomic mass is 10.0. The number of piperidine rings is 1. The fraction of sp³-hybridized carbons (Fsp3) is 0.500. The van der Waals surface area contributed by atoms with Crippen LogP contribution in [0.1, 0.15) is 36.5 Å². The Bertz CT molecular complexity index is 505. The number of amides is 2. The van der Waals surface area contributed by atoms with Gasteiger partial charge in [-0.1, -0.05) is 0 Å². The third kappa shape index (κ3) is 4.71. The summed E-state index contributed by atoms with van der Waals surface area (Å²) in [6, 6.07) is 7.41. The highest BCUT2D eigenvalue weighted by atomic mass is 35.5. The molecule has 0 radical (unpaired) electrons. The van der Waals surface area contributed by atoms with Crippen LogP contribution >= 0.6 is 12.4 Å². The number of likely N-dealkylation sites (N-methyl/N-ethyl adjacent to an activating group) is 1. The largest absolute Gasteiger partial charge is 0.336 e. The van der Waals surface area contributed by atoms with Crippen molar-refractivity contribution in [3.63, 3.8) is 0 Å². The fourth-order valence-electron chi connectivity index (χ4n) is 2.63. The minimum Gasteiger partial charge on any atom is -0.336 e.